The summed E-state index contributed by atoms with van der Waals surface area (Å²) in [6, 6.07) is 17.1. The fourth-order valence-corrected chi connectivity index (χ4v) is 4.61. The maximum absolute atomic E-state index is 12.5. The molecule has 1 amide bonds. The SMILES string of the molecule is COC1CC(Oc2nc(N3CCN(C(=O)OCc4ccccc4)CC3)nc3ccccc23)C(O)C1O. The van der Waals surface area contributed by atoms with E-state index in [0.29, 0.717) is 55.3 Å². The van der Waals surface area contributed by atoms with E-state index in [0.717, 1.165) is 5.56 Å². The summed E-state index contributed by atoms with van der Waals surface area (Å²) in [5, 5.41) is 21.4. The van der Waals surface area contributed by atoms with Gasteiger partial charge >= 0.3 is 6.09 Å². The molecule has 2 heterocycles. The third-order valence-corrected chi connectivity index (χ3v) is 6.72. The molecule has 5 rings (SSSR count). The van der Waals surface area contributed by atoms with Gasteiger partial charge in [-0.25, -0.2) is 9.78 Å². The van der Waals surface area contributed by atoms with Crippen molar-refractivity contribution >= 4 is 22.9 Å². The number of aliphatic hydroxyl groups excluding tert-OH is 2. The van der Waals surface area contributed by atoms with Gasteiger partial charge < -0.3 is 34.2 Å². The van der Waals surface area contributed by atoms with Crippen molar-refractivity contribution in [1.82, 2.24) is 14.9 Å². The summed E-state index contributed by atoms with van der Waals surface area (Å²) in [7, 11) is 1.50. The van der Waals surface area contributed by atoms with Crippen LogP contribution in [0, 0.1) is 0 Å². The van der Waals surface area contributed by atoms with Gasteiger partial charge in [-0.3, -0.25) is 0 Å². The maximum Gasteiger partial charge on any atom is 0.410 e. The molecule has 2 fully saturated rings. The van der Waals surface area contributed by atoms with Crippen LogP contribution in [0.15, 0.2) is 54.6 Å². The third kappa shape index (κ3) is 5.06. The van der Waals surface area contributed by atoms with Gasteiger partial charge in [-0.05, 0) is 17.7 Å². The van der Waals surface area contributed by atoms with Gasteiger partial charge in [-0.2, -0.15) is 4.98 Å². The Labute approximate surface area is 209 Å². The lowest BCUT2D eigenvalue weighted by Gasteiger charge is -2.34. The van der Waals surface area contributed by atoms with Crippen molar-refractivity contribution in [3.05, 3.63) is 60.2 Å². The molecule has 190 valence electrons. The number of ether oxygens (including phenoxy) is 3. The number of rotatable bonds is 6. The summed E-state index contributed by atoms with van der Waals surface area (Å²) < 4.78 is 16.8. The first-order valence-electron chi connectivity index (χ1n) is 12.1. The first-order valence-corrected chi connectivity index (χ1v) is 12.1. The summed E-state index contributed by atoms with van der Waals surface area (Å²) in [6.45, 7) is 2.26. The number of anilines is 1. The zero-order chi connectivity index (χ0) is 25.1. The van der Waals surface area contributed by atoms with Crippen molar-refractivity contribution in [1.29, 1.82) is 0 Å². The fraction of sp³-hybridized carbons (Fsp3) is 0.423. The van der Waals surface area contributed by atoms with Gasteiger partial charge in [-0.1, -0.05) is 42.5 Å². The van der Waals surface area contributed by atoms with E-state index in [1.165, 1.54) is 7.11 Å². The molecule has 4 unspecified atom stereocenters. The van der Waals surface area contributed by atoms with Gasteiger partial charge in [0.25, 0.3) is 0 Å². The van der Waals surface area contributed by atoms with Crippen molar-refractivity contribution in [3.63, 3.8) is 0 Å². The molecular weight excluding hydrogens is 464 g/mol. The third-order valence-electron chi connectivity index (χ3n) is 6.72. The number of aromatic nitrogens is 2. The number of piperazine rings is 1. The van der Waals surface area contributed by atoms with E-state index in [2.05, 4.69) is 4.98 Å². The average molecular weight is 495 g/mol. The van der Waals surface area contributed by atoms with E-state index in [9.17, 15) is 15.0 Å². The molecule has 0 radical (unpaired) electrons. The lowest BCUT2D eigenvalue weighted by Crippen LogP contribution is -2.49. The highest BCUT2D eigenvalue weighted by Gasteiger charge is 2.43. The number of hydrogen-bond acceptors (Lipinski definition) is 9. The zero-order valence-corrected chi connectivity index (χ0v) is 20.1. The minimum atomic E-state index is -1.09. The predicted molar refractivity (Wildman–Crippen MR) is 132 cm³/mol. The van der Waals surface area contributed by atoms with E-state index in [1.54, 1.807) is 4.90 Å². The van der Waals surface area contributed by atoms with Crippen LogP contribution >= 0.6 is 0 Å². The Kier molecular flexibility index (Phi) is 7.17. The van der Waals surface area contributed by atoms with Crippen LogP contribution in [0.5, 0.6) is 5.88 Å². The Morgan fingerprint density at radius 3 is 2.36 bits per heavy atom. The maximum atomic E-state index is 12.5. The first kappa shape index (κ1) is 24.2. The number of nitrogens with zero attached hydrogens (tertiary/aromatic N) is 4. The number of hydrogen-bond donors (Lipinski definition) is 2. The number of methoxy groups -OCH3 is 1. The molecule has 36 heavy (non-hydrogen) atoms. The molecule has 3 aromatic rings. The van der Waals surface area contributed by atoms with E-state index in [-0.39, 0.29) is 12.7 Å². The van der Waals surface area contributed by atoms with Crippen LogP contribution in [0.4, 0.5) is 10.7 Å². The molecule has 1 saturated heterocycles. The second-order valence-electron chi connectivity index (χ2n) is 9.01. The van der Waals surface area contributed by atoms with Crippen molar-refractivity contribution in [2.75, 3.05) is 38.2 Å². The smallest absolute Gasteiger partial charge is 0.410 e. The van der Waals surface area contributed by atoms with Crippen molar-refractivity contribution in [3.8, 4) is 5.88 Å². The van der Waals surface area contributed by atoms with Crippen LogP contribution in [0.3, 0.4) is 0 Å². The minimum Gasteiger partial charge on any atom is -0.471 e. The zero-order valence-electron chi connectivity index (χ0n) is 20.1. The van der Waals surface area contributed by atoms with Gasteiger partial charge in [0.2, 0.25) is 11.8 Å². The van der Waals surface area contributed by atoms with Gasteiger partial charge in [0.1, 0.15) is 24.9 Å². The first-order chi connectivity index (χ1) is 17.5. The van der Waals surface area contributed by atoms with Gasteiger partial charge in [-0.15, -0.1) is 0 Å². The van der Waals surface area contributed by atoms with Crippen molar-refractivity contribution in [2.45, 2.75) is 37.4 Å². The van der Waals surface area contributed by atoms with Gasteiger partial charge in [0, 0.05) is 39.7 Å². The van der Waals surface area contributed by atoms with Crippen LogP contribution in [-0.2, 0) is 16.1 Å². The summed E-state index contributed by atoms with van der Waals surface area (Å²) in [4.78, 5) is 25.6. The molecule has 0 bridgehead atoms. The van der Waals surface area contributed by atoms with Crippen LogP contribution in [-0.4, -0.2) is 88.9 Å². The summed E-state index contributed by atoms with van der Waals surface area (Å²) >= 11 is 0. The van der Waals surface area contributed by atoms with Crippen LogP contribution in [0.2, 0.25) is 0 Å². The largest absolute Gasteiger partial charge is 0.471 e. The lowest BCUT2D eigenvalue weighted by molar-refractivity contribution is -0.0483. The number of carbonyl (C=O) groups is 1. The molecule has 2 aliphatic rings. The van der Waals surface area contributed by atoms with E-state index < -0.39 is 24.4 Å². The van der Waals surface area contributed by atoms with E-state index in [4.69, 9.17) is 19.2 Å². The highest BCUT2D eigenvalue weighted by molar-refractivity contribution is 5.84. The Bertz CT molecular complexity index is 1190. The molecule has 1 saturated carbocycles. The Morgan fingerprint density at radius 1 is 0.944 bits per heavy atom. The Balaban J connectivity index is 1.27. The minimum absolute atomic E-state index is 0.236. The molecule has 2 aromatic carbocycles. The molecule has 10 nitrogen and oxygen atoms in total. The van der Waals surface area contributed by atoms with Crippen LogP contribution in [0.1, 0.15) is 12.0 Å². The second kappa shape index (κ2) is 10.7. The molecular formula is C26H30N4O6. The molecule has 10 heteroatoms. The number of carbonyl (C=O) groups excluding carboxylic acids is 1. The highest BCUT2D eigenvalue weighted by Crippen LogP contribution is 2.31. The fourth-order valence-electron chi connectivity index (χ4n) is 4.61. The number of amides is 1. The number of para-hydroxylation sites is 1. The Hall–Kier alpha value is -3.47. The summed E-state index contributed by atoms with van der Waals surface area (Å²) in [5.74, 6) is 0.825. The standard InChI is InChI=1S/C26H30N4O6/c1-34-20-15-21(23(32)22(20)31)36-24-18-9-5-6-10-19(18)27-25(28-24)29-11-13-30(14-12-29)26(33)35-16-17-7-3-2-4-8-17/h2-10,20-23,31-32H,11-16H2,1H3. The normalized spacial score (nSPS) is 24.2. The number of aliphatic hydroxyl groups is 2. The molecule has 2 N–H and O–H groups in total. The average Bonchev–Trinajstić information content (AvgIpc) is 3.20. The molecule has 1 aliphatic heterocycles. The van der Waals surface area contributed by atoms with Crippen LogP contribution in [0.25, 0.3) is 10.9 Å². The Morgan fingerprint density at radius 2 is 1.64 bits per heavy atom. The summed E-state index contributed by atoms with van der Waals surface area (Å²) in [6.07, 6.45) is -3.28. The monoisotopic (exact) mass is 494 g/mol. The number of benzene rings is 2. The molecule has 4 atom stereocenters. The summed E-state index contributed by atoms with van der Waals surface area (Å²) in [5.41, 5.74) is 1.65. The van der Waals surface area contributed by atoms with E-state index in [1.807, 2.05) is 59.5 Å². The van der Waals surface area contributed by atoms with Crippen molar-refractivity contribution < 1.29 is 29.2 Å². The second-order valence-corrected chi connectivity index (χ2v) is 9.01. The molecule has 0 spiro atoms. The molecule has 1 aromatic heterocycles. The highest BCUT2D eigenvalue weighted by atomic mass is 16.6. The molecule has 1 aliphatic carbocycles. The van der Waals surface area contributed by atoms with Crippen molar-refractivity contribution in [2.24, 2.45) is 0 Å². The van der Waals surface area contributed by atoms with E-state index >= 15 is 0 Å². The quantitative estimate of drug-likeness (QED) is 0.530. The van der Waals surface area contributed by atoms with Gasteiger partial charge in [0.05, 0.1) is 17.0 Å². The number of fused-ring (bicyclic) bond motifs is 1. The topological polar surface area (TPSA) is 117 Å². The predicted octanol–water partition coefficient (Wildman–Crippen LogP) is 1.98. The van der Waals surface area contributed by atoms with Gasteiger partial charge in [0.15, 0.2) is 0 Å². The van der Waals surface area contributed by atoms with Crippen LogP contribution < -0.4 is 9.64 Å². The lowest BCUT2D eigenvalue weighted by atomic mass is 10.2.